The molecule has 1 aromatic rings. The Hall–Kier alpha value is -0.580. The van der Waals surface area contributed by atoms with Crippen LogP contribution in [0.3, 0.4) is 0 Å². The van der Waals surface area contributed by atoms with Crippen molar-refractivity contribution in [2.45, 2.75) is 44.7 Å². The van der Waals surface area contributed by atoms with Crippen molar-refractivity contribution >= 4 is 28.9 Å². The van der Waals surface area contributed by atoms with E-state index in [0.717, 1.165) is 29.3 Å². The molecular formula is C13H18ClNO2S. The van der Waals surface area contributed by atoms with Crippen LogP contribution in [0.5, 0.6) is 0 Å². The molecule has 0 amide bonds. The predicted molar refractivity (Wildman–Crippen MR) is 74.3 cm³/mol. The van der Waals surface area contributed by atoms with Crippen LogP contribution in [-0.2, 0) is 4.79 Å². The minimum atomic E-state index is -0.701. The molecule has 0 spiro atoms. The molecule has 2 heterocycles. The van der Waals surface area contributed by atoms with E-state index < -0.39 is 11.5 Å². The third-order valence-electron chi connectivity index (χ3n) is 4.06. The molecule has 0 aromatic carbocycles. The van der Waals surface area contributed by atoms with E-state index in [2.05, 4.69) is 11.8 Å². The number of thiophene rings is 1. The molecular weight excluding hydrogens is 270 g/mol. The number of hydrogen-bond acceptors (Lipinski definition) is 3. The molecule has 100 valence electrons. The fraction of sp³-hybridized carbons (Fsp3) is 0.615. The molecule has 5 heteroatoms. The van der Waals surface area contributed by atoms with Crippen LogP contribution in [0.4, 0.5) is 0 Å². The molecule has 0 saturated carbocycles. The SMILES string of the molecule is CCC1(C(=O)O)CCCN1C(C)c1csc(Cl)c1. The summed E-state index contributed by atoms with van der Waals surface area (Å²) in [5.41, 5.74) is 0.416. The van der Waals surface area contributed by atoms with Gasteiger partial charge in [0.25, 0.3) is 0 Å². The van der Waals surface area contributed by atoms with Crippen molar-refractivity contribution in [3.8, 4) is 0 Å². The average Bonchev–Trinajstić information content (AvgIpc) is 2.94. The van der Waals surface area contributed by atoms with Gasteiger partial charge in [0.2, 0.25) is 0 Å². The Morgan fingerprint density at radius 3 is 2.94 bits per heavy atom. The van der Waals surface area contributed by atoms with E-state index in [9.17, 15) is 9.90 Å². The lowest BCUT2D eigenvalue weighted by Gasteiger charge is -2.38. The number of carboxylic acid groups (broad SMARTS) is 1. The van der Waals surface area contributed by atoms with Crippen molar-refractivity contribution in [1.29, 1.82) is 0 Å². The Kier molecular flexibility index (Phi) is 3.99. The monoisotopic (exact) mass is 287 g/mol. The lowest BCUT2D eigenvalue weighted by Crippen LogP contribution is -2.50. The van der Waals surface area contributed by atoms with Crippen molar-refractivity contribution in [3.05, 3.63) is 21.3 Å². The van der Waals surface area contributed by atoms with Gasteiger partial charge in [-0.15, -0.1) is 11.3 Å². The number of hydrogen-bond donors (Lipinski definition) is 1. The first-order chi connectivity index (χ1) is 8.51. The zero-order chi connectivity index (χ0) is 13.3. The molecule has 1 N–H and O–H groups in total. The number of nitrogens with zero attached hydrogens (tertiary/aromatic N) is 1. The highest BCUT2D eigenvalue weighted by molar-refractivity contribution is 7.14. The zero-order valence-electron chi connectivity index (χ0n) is 10.6. The number of halogens is 1. The zero-order valence-corrected chi connectivity index (χ0v) is 12.2. The fourth-order valence-electron chi connectivity index (χ4n) is 2.95. The molecule has 1 fully saturated rings. The molecule has 1 aromatic heterocycles. The maximum atomic E-state index is 11.6. The van der Waals surface area contributed by atoms with E-state index in [-0.39, 0.29) is 6.04 Å². The molecule has 3 nitrogen and oxygen atoms in total. The first-order valence-electron chi connectivity index (χ1n) is 6.25. The first kappa shape index (κ1) is 13.8. The molecule has 0 aliphatic carbocycles. The fourth-order valence-corrected chi connectivity index (χ4v) is 3.92. The number of likely N-dealkylation sites (tertiary alicyclic amines) is 1. The van der Waals surface area contributed by atoms with Gasteiger partial charge in [-0.3, -0.25) is 9.69 Å². The smallest absolute Gasteiger partial charge is 0.324 e. The van der Waals surface area contributed by atoms with E-state index >= 15 is 0 Å². The van der Waals surface area contributed by atoms with Crippen molar-refractivity contribution in [2.24, 2.45) is 0 Å². The third-order valence-corrected chi connectivity index (χ3v) is 5.17. The van der Waals surface area contributed by atoms with Gasteiger partial charge in [-0.25, -0.2) is 0 Å². The normalized spacial score (nSPS) is 26.4. The first-order valence-corrected chi connectivity index (χ1v) is 7.51. The topological polar surface area (TPSA) is 40.5 Å². The van der Waals surface area contributed by atoms with Crippen molar-refractivity contribution < 1.29 is 9.90 Å². The van der Waals surface area contributed by atoms with Crippen LogP contribution < -0.4 is 0 Å². The quantitative estimate of drug-likeness (QED) is 0.916. The summed E-state index contributed by atoms with van der Waals surface area (Å²) < 4.78 is 0.758. The summed E-state index contributed by atoms with van der Waals surface area (Å²) in [6.45, 7) is 4.87. The molecule has 2 rings (SSSR count). The van der Waals surface area contributed by atoms with Gasteiger partial charge in [0, 0.05) is 6.04 Å². The highest BCUT2D eigenvalue weighted by atomic mass is 35.5. The van der Waals surface area contributed by atoms with Gasteiger partial charge in [-0.2, -0.15) is 0 Å². The van der Waals surface area contributed by atoms with Crippen molar-refractivity contribution in [3.63, 3.8) is 0 Å². The van der Waals surface area contributed by atoms with Gasteiger partial charge in [0.15, 0.2) is 0 Å². The Morgan fingerprint density at radius 1 is 1.72 bits per heavy atom. The Morgan fingerprint density at radius 2 is 2.44 bits per heavy atom. The minimum Gasteiger partial charge on any atom is -0.480 e. The van der Waals surface area contributed by atoms with Gasteiger partial charge in [-0.1, -0.05) is 18.5 Å². The van der Waals surface area contributed by atoms with Crippen LogP contribution in [0.2, 0.25) is 4.34 Å². The van der Waals surface area contributed by atoms with Crippen LogP contribution in [0.15, 0.2) is 11.4 Å². The summed E-state index contributed by atoms with van der Waals surface area (Å²) in [4.78, 5) is 13.8. The second kappa shape index (κ2) is 5.19. The highest BCUT2D eigenvalue weighted by Gasteiger charge is 2.48. The highest BCUT2D eigenvalue weighted by Crippen LogP contribution is 2.40. The van der Waals surface area contributed by atoms with Crippen LogP contribution in [-0.4, -0.2) is 28.1 Å². The van der Waals surface area contributed by atoms with Gasteiger partial charge >= 0.3 is 5.97 Å². The van der Waals surface area contributed by atoms with Gasteiger partial charge in [-0.05, 0) is 49.7 Å². The third kappa shape index (κ3) is 2.17. The number of carboxylic acids is 1. The lowest BCUT2D eigenvalue weighted by atomic mass is 9.91. The average molecular weight is 288 g/mol. The van der Waals surface area contributed by atoms with Crippen LogP contribution in [0.1, 0.15) is 44.7 Å². The van der Waals surface area contributed by atoms with E-state index in [1.54, 1.807) is 0 Å². The summed E-state index contributed by atoms with van der Waals surface area (Å²) in [7, 11) is 0. The van der Waals surface area contributed by atoms with E-state index in [1.165, 1.54) is 11.3 Å². The maximum Gasteiger partial charge on any atom is 0.324 e. The molecule has 1 aliphatic heterocycles. The molecule has 1 saturated heterocycles. The van der Waals surface area contributed by atoms with E-state index in [4.69, 9.17) is 11.6 Å². The van der Waals surface area contributed by atoms with Crippen LogP contribution >= 0.6 is 22.9 Å². The van der Waals surface area contributed by atoms with Crippen molar-refractivity contribution in [2.75, 3.05) is 6.54 Å². The Bertz CT molecular complexity index is 448. The maximum absolute atomic E-state index is 11.6. The minimum absolute atomic E-state index is 0.104. The molecule has 18 heavy (non-hydrogen) atoms. The van der Waals surface area contributed by atoms with Gasteiger partial charge in [0.1, 0.15) is 5.54 Å². The largest absolute Gasteiger partial charge is 0.480 e. The van der Waals surface area contributed by atoms with Gasteiger partial charge in [0.05, 0.1) is 4.34 Å². The molecule has 2 atom stereocenters. The summed E-state index contributed by atoms with van der Waals surface area (Å²) >= 11 is 7.46. The molecule has 2 unspecified atom stereocenters. The van der Waals surface area contributed by atoms with Crippen molar-refractivity contribution in [1.82, 2.24) is 4.90 Å². The lowest BCUT2D eigenvalue weighted by molar-refractivity contribution is -0.151. The number of aliphatic carboxylic acids is 1. The van der Waals surface area contributed by atoms with E-state index in [1.807, 2.05) is 18.4 Å². The summed E-state index contributed by atoms with van der Waals surface area (Å²) in [5.74, 6) is -0.698. The summed E-state index contributed by atoms with van der Waals surface area (Å²) in [6.07, 6.45) is 2.33. The van der Waals surface area contributed by atoms with Crippen LogP contribution in [0.25, 0.3) is 0 Å². The molecule has 0 radical (unpaired) electrons. The second-order valence-corrected chi connectivity index (χ2v) is 6.39. The number of carbonyl (C=O) groups is 1. The predicted octanol–water partition coefficient (Wildman–Crippen LogP) is 3.79. The molecule has 0 bridgehead atoms. The summed E-state index contributed by atoms with van der Waals surface area (Å²) in [5, 5.41) is 11.6. The summed E-state index contributed by atoms with van der Waals surface area (Å²) in [6, 6.07) is 2.05. The standard InChI is InChI=1S/C13H18ClNO2S/c1-3-13(12(16)17)5-4-6-15(13)9(2)10-7-11(14)18-8-10/h7-9H,3-6H2,1-2H3,(H,16,17). The molecule has 1 aliphatic rings. The Labute approximate surface area is 116 Å². The van der Waals surface area contributed by atoms with Gasteiger partial charge < -0.3 is 5.11 Å². The second-order valence-electron chi connectivity index (χ2n) is 4.85. The van der Waals surface area contributed by atoms with Crippen LogP contribution in [0, 0.1) is 0 Å². The van der Waals surface area contributed by atoms with E-state index in [0.29, 0.717) is 6.42 Å². The Balaban J connectivity index is 2.29. The number of rotatable bonds is 4.